The van der Waals surface area contributed by atoms with Gasteiger partial charge in [-0.2, -0.15) is 0 Å². The van der Waals surface area contributed by atoms with Gasteiger partial charge in [-0.25, -0.2) is 4.79 Å². The van der Waals surface area contributed by atoms with E-state index < -0.39 is 0 Å². The molecule has 1 aliphatic rings. The van der Waals surface area contributed by atoms with Crippen LogP contribution in [0.3, 0.4) is 0 Å². The van der Waals surface area contributed by atoms with Crippen LogP contribution in [0.4, 0.5) is 4.79 Å². The van der Waals surface area contributed by atoms with Gasteiger partial charge in [0.15, 0.2) is 0 Å². The maximum absolute atomic E-state index is 12.2. The molecule has 5 nitrogen and oxygen atoms in total. The van der Waals surface area contributed by atoms with E-state index in [1.165, 1.54) is 0 Å². The highest BCUT2D eigenvalue weighted by molar-refractivity contribution is 5.74. The summed E-state index contributed by atoms with van der Waals surface area (Å²) in [6.45, 7) is 0.898. The summed E-state index contributed by atoms with van der Waals surface area (Å²) in [6.07, 6.45) is 2.29. The molecule has 1 atom stereocenters. The summed E-state index contributed by atoms with van der Waals surface area (Å²) in [4.78, 5) is 12.2. The van der Waals surface area contributed by atoms with Crippen molar-refractivity contribution in [3.63, 3.8) is 0 Å². The van der Waals surface area contributed by atoms with Crippen LogP contribution in [0.15, 0.2) is 54.6 Å². The molecule has 0 bridgehead atoms. The number of carbonyl (C=O) groups is 1. The first-order valence-corrected chi connectivity index (χ1v) is 8.62. The molecule has 1 saturated carbocycles. The molecule has 2 aromatic carbocycles. The largest absolute Gasteiger partial charge is 0.497 e. The Hall–Kier alpha value is -2.69. The second kappa shape index (κ2) is 8.42. The van der Waals surface area contributed by atoms with E-state index in [9.17, 15) is 4.79 Å². The first kappa shape index (κ1) is 17.1. The van der Waals surface area contributed by atoms with Crippen LogP contribution in [-0.2, 0) is 0 Å². The van der Waals surface area contributed by atoms with Gasteiger partial charge in [-0.05, 0) is 48.6 Å². The van der Waals surface area contributed by atoms with E-state index in [1.54, 1.807) is 7.11 Å². The SMILES string of the molecule is COc1ccc([C@@H](NC(=O)NCCOc2ccccc2)C2CC2)cc1. The third-order valence-corrected chi connectivity index (χ3v) is 4.25. The molecule has 2 aromatic rings. The minimum absolute atomic E-state index is 0.0425. The molecular formula is C20H24N2O3. The summed E-state index contributed by atoms with van der Waals surface area (Å²) >= 11 is 0. The number of ether oxygens (including phenoxy) is 2. The summed E-state index contributed by atoms with van der Waals surface area (Å²) in [5, 5.41) is 5.94. The second-order valence-corrected chi connectivity index (χ2v) is 6.15. The molecule has 2 amide bonds. The van der Waals surface area contributed by atoms with Crippen molar-refractivity contribution >= 4 is 6.03 Å². The third-order valence-electron chi connectivity index (χ3n) is 4.25. The molecule has 132 valence electrons. The molecule has 0 saturated heterocycles. The molecule has 0 spiro atoms. The van der Waals surface area contributed by atoms with Crippen molar-refractivity contribution < 1.29 is 14.3 Å². The summed E-state index contributed by atoms with van der Waals surface area (Å²) in [5.41, 5.74) is 1.11. The molecule has 0 aliphatic heterocycles. The fourth-order valence-electron chi connectivity index (χ4n) is 2.76. The highest BCUT2D eigenvalue weighted by Gasteiger charge is 2.33. The van der Waals surface area contributed by atoms with Gasteiger partial charge in [-0.1, -0.05) is 30.3 Å². The fourth-order valence-corrected chi connectivity index (χ4v) is 2.76. The van der Waals surface area contributed by atoms with Crippen LogP contribution in [0.2, 0.25) is 0 Å². The zero-order chi connectivity index (χ0) is 17.5. The lowest BCUT2D eigenvalue weighted by molar-refractivity contribution is 0.231. The van der Waals surface area contributed by atoms with Crippen LogP contribution in [0, 0.1) is 5.92 Å². The van der Waals surface area contributed by atoms with Crippen molar-refractivity contribution in [3.05, 3.63) is 60.2 Å². The smallest absolute Gasteiger partial charge is 0.315 e. The van der Waals surface area contributed by atoms with Crippen molar-refractivity contribution in [1.82, 2.24) is 10.6 Å². The van der Waals surface area contributed by atoms with Crippen molar-refractivity contribution in [3.8, 4) is 11.5 Å². The van der Waals surface area contributed by atoms with Crippen molar-refractivity contribution in [1.29, 1.82) is 0 Å². The van der Waals surface area contributed by atoms with Gasteiger partial charge in [-0.3, -0.25) is 0 Å². The van der Waals surface area contributed by atoms with E-state index in [0.29, 0.717) is 19.1 Å². The molecule has 0 aromatic heterocycles. The normalized spacial score (nSPS) is 14.4. The Bertz CT molecular complexity index is 669. The Morgan fingerprint density at radius 3 is 2.44 bits per heavy atom. The Balaban J connectivity index is 1.46. The number of hydrogen-bond acceptors (Lipinski definition) is 3. The van der Waals surface area contributed by atoms with Crippen LogP contribution >= 0.6 is 0 Å². The van der Waals surface area contributed by atoms with Crippen LogP contribution in [0.1, 0.15) is 24.4 Å². The lowest BCUT2D eigenvalue weighted by atomic mass is 10.0. The minimum atomic E-state index is -0.163. The summed E-state index contributed by atoms with van der Waals surface area (Å²) in [6, 6.07) is 17.3. The average molecular weight is 340 g/mol. The Morgan fingerprint density at radius 1 is 1.08 bits per heavy atom. The van der Waals surface area contributed by atoms with Crippen LogP contribution in [0.25, 0.3) is 0 Å². The van der Waals surface area contributed by atoms with Crippen molar-refractivity contribution in [2.45, 2.75) is 18.9 Å². The Kier molecular flexibility index (Phi) is 5.77. The quantitative estimate of drug-likeness (QED) is 0.723. The number of amides is 2. The number of nitrogens with one attached hydrogen (secondary N) is 2. The number of benzene rings is 2. The van der Waals surface area contributed by atoms with E-state index >= 15 is 0 Å². The standard InChI is InChI=1S/C20H24N2O3/c1-24-17-11-9-16(10-12-17)19(15-7-8-15)22-20(23)21-13-14-25-18-5-3-2-4-6-18/h2-6,9-12,15,19H,7-8,13-14H2,1H3,(H2,21,22,23)/t19-/m0/s1. The lowest BCUT2D eigenvalue weighted by Crippen LogP contribution is -2.40. The molecule has 2 N–H and O–H groups in total. The molecule has 0 unspecified atom stereocenters. The third kappa shape index (κ3) is 5.14. The monoisotopic (exact) mass is 340 g/mol. The first-order chi connectivity index (χ1) is 12.3. The topological polar surface area (TPSA) is 59.6 Å². The fraction of sp³-hybridized carbons (Fsp3) is 0.350. The van der Waals surface area contributed by atoms with Gasteiger partial charge in [0.25, 0.3) is 0 Å². The van der Waals surface area contributed by atoms with Crippen LogP contribution < -0.4 is 20.1 Å². The summed E-state index contributed by atoms with van der Waals surface area (Å²) < 4.78 is 10.8. The highest BCUT2D eigenvalue weighted by atomic mass is 16.5. The van der Waals surface area contributed by atoms with E-state index in [0.717, 1.165) is 29.9 Å². The lowest BCUT2D eigenvalue weighted by Gasteiger charge is -2.19. The molecular weight excluding hydrogens is 316 g/mol. The minimum Gasteiger partial charge on any atom is -0.497 e. The molecule has 25 heavy (non-hydrogen) atoms. The van der Waals surface area contributed by atoms with Crippen LogP contribution in [0.5, 0.6) is 11.5 Å². The number of rotatable bonds is 8. The Labute approximate surface area is 148 Å². The number of para-hydroxylation sites is 1. The van der Waals surface area contributed by atoms with Gasteiger partial charge in [0.1, 0.15) is 18.1 Å². The number of hydrogen-bond donors (Lipinski definition) is 2. The first-order valence-electron chi connectivity index (χ1n) is 8.62. The van der Waals surface area contributed by atoms with Crippen molar-refractivity contribution in [2.75, 3.05) is 20.3 Å². The van der Waals surface area contributed by atoms with Gasteiger partial charge in [0.05, 0.1) is 19.7 Å². The zero-order valence-electron chi connectivity index (χ0n) is 14.4. The molecule has 0 heterocycles. The van der Waals surface area contributed by atoms with E-state index in [-0.39, 0.29) is 12.1 Å². The van der Waals surface area contributed by atoms with Crippen molar-refractivity contribution in [2.24, 2.45) is 5.92 Å². The number of urea groups is 1. The zero-order valence-corrected chi connectivity index (χ0v) is 14.4. The van der Waals surface area contributed by atoms with E-state index in [1.807, 2.05) is 54.6 Å². The molecule has 1 aliphatic carbocycles. The maximum Gasteiger partial charge on any atom is 0.315 e. The van der Waals surface area contributed by atoms with Gasteiger partial charge in [-0.15, -0.1) is 0 Å². The summed E-state index contributed by atoms with van der Waals surface area (Å²) in [7, 11) is 1.65. The molecule has 0 radical (unpaired) electrons. The molecule has 5 heteroatoms. The average Bonchev–Trinajstić information content (AvgIpc) is 3.49. The van der Waals surface area contributed by atoms with E-state index in [4.69, 9.17) is 9.47 Å². The predicted octanol–water partition coefficient (Wildman–Crippen LogP) is 3.52. The molecule has 1 fully saturated rings. The van der Waals surface area contributed by atoms with Gasteiger partial charge >= 0.3 is 6.03 Å². The van der Waals surface area contributed by atoms with Crippen LogP contribution in [-0.4, -0.2) is 26.3 Å². The summed E-state index contributed by atoms with van der Waals surface area (Å²) in [5.74, 6) is 2.14. The number of methoxy groups -OCH3 is 1. The second-order valence-electron chi connectivity index (χ2n) is 6.15. The Morgan fingerprint density at radius 2 is 1.80 bits per heavy atom. The van der Waals surface area contributed by atoms with Gasteiger partial charge in [0.2, 0.25) is 0 Å². The maximum atomic E-state index is 12.2. The van der Waals surface area contributed by atoms with Gasteiger partial charge in [0, 0.05) is 0 Å². The van der Waals surface area contributed by atoms with Gasteiger partial charge < -0.3 is 20.1 Å². The highest BCUT2D eigenvalue weighted by Crippen LogP contribution is 2.41. The van der Waals surface area contributed by atoms with E-state index in [2.05, 4.69) is 10.6 Å². The molecule has 3 rings (SSSR count). The number of carbonyl (C=O) groups excluding carboxylic acids is 1. The predicted molar refractivity (Wildman–Crippen MR) is 96.9 cm³/mol.